The third-order valence-electron chi connectivity index (χ3n) is 2.63. The minimum atomic E-state index is -3.82. The average molecular weight is 332 g/mol. The van der Waals surface area contributed by atoms with Gasteiger partial charge in [-0.15, -0.1) is 0 Å². The molecule has 116 valence electrons. The van der Waals surface area contributed by atoms with Crippen LogP contribution in [-0.4, -0.2) is 37.8 Å². The molecule has 0 aromatic carbocycles. The van der Waals surface area contributed by atoms with Crippen LogP contribution >= 0.6 is 11.3 Å². The van der Waals surface area contributed by atoms with Gasteiger partial charge >= 0.3 is 5.69 Å². The maximum absolute atomic E-state index is 12.3. The smallest absolute Gasteiger partial charge is 0.304 e. The molecule has 8 nitrogen and oxygen atoms in total. The molecular weight excluding hydrogens is 316 g/mol. The van der Waals surface area contributed by atoms with Gasteiger partial charge < -0.3 is 5.32 Å². The number of hydrogen-bond acceptors (Lipinski definition) is 7. The average Bonchev–Trinajstić information content (AvgIpc) is 2.87. The number of nitriles is 1. The first-order valence-corrected chi connectivity index (χ1v) is 8.45. The van der Waals surface area contributed by atoms with E-state index in [1.807, 2.05) is 13.0 Å². The lowest BCUT2D eigenvalue weighted by atomic mass is 10.4. The van der Waals surface area contributed by atoms with Crippen molar-refractivity contribution >= 4 is 32.0 Å². The Bertz CT molecular complexity index is 648. The second-order valence-electron chi connectivity index (χ2n) is 4.20. The third-order valence-corrected chi connectivity index (χ3v) is 6.01. The summed E-state index contributed by atoms with van der Waals surface area (Å²) in [5.41, 5.74) is -0.249. The fourth-order valence-corrected chi connectivity index (χ4v) is 4.20. The molecule has 0 unspecified atom stereocenters. The summed E-state index contributed by atoms with van der Waals surface area (Å²) in [7, 11) is -2.47. The van der Waals surface area contributed by atoms with Gasteiger partial charge in [-0.1, -0.05) is 18.3 Å². The van der Waals surface area contributed by atoms with Crippen LogP contribution in [0.4, 0.5) is 10.7 Å². The Morgan fingerprint density at radius 2 is 2.24 bits per heavy atom. The number of sulfonamides is 1. The number of rotatable bonds is 8. The molecule has 1 aromatic heterocycles. The van der Waals surface area contributed by atoms with E-state index in [0.29, 0.717) is 6.54 Å². The minimum Gasteiger partial charge on any atom is -0.371 e. The van der Waals surface area contributed by atoms with Crippen molar-refractivity contribution in [2.75, 3.05) is 25.5 Å². The molecule has 0 aliphatic heterocycles. The number of nitrogens with one attached hydrogen (secondary N) is 1. The van der Waals surface area contributed by atoms with E-state index < -0.39 is 14.9 Å². The molecule has 1 heterocycles. The Hall–Kier alpha value is -1.70. The van der Waals surface area contributed by atoms with Crippen LogP contribution in [0.5, 0.6) is 0 Å². The molecule has 21 heavy (non-hydrogen) atoms. The van der Waals surface area contributed by atoms with E-state index in [0.717, 1.165) is 28.1 Å². The molecule has 0 amide bonds. The number of nitro groups is 1. The second kappa shape index (κ2) is 7.35. The van der Waals surface area contributed by atoms with Crippen molar-refractivity contribution in [1.82, 2.24) is 4.31 Å². The fourth-order valence-electron chi connectivity index (χ4n) is 1.47. The molecule has 0 atom stereocenters. The molecule has 0 aliphatic carbocycles. The predicted octanol–water partition coefficient (Wildman–Crippen LogP) is 2.01. The zero-order chi connectivity index (χ0) is 16.0. The van der Waals surface area contributed by atoms with E-state index in [1.54, 1.807) is 0 Å². The van der Waals surface area contributed by atoms with Gasteiger partial charge in [-0.05, 0) is 6.42 Å². The van der Waals surface area contributed by atoms with Gasteiger partial charge in [0.1, 0.15) is 4.21 Å². The molecule has 1 aromatic rings. The lowest BCUT2D eigenvalue weighted by Crippen LogP contribution is -2.27. The topological polar surface area (TPSA) is 116 Å². The van der Waals surface area contributed by atoms with E-state index in [-0.39, 0.29) is 27.9 Å². The van der Waals surface area contributed by atoms with Crippen molar-refractivity contribution in [3.8, 4) is 6.07 Å². The van der Waals surface area contributed by atoms with Crippen LogP contribution in [-0.2, 0) is 10.0 Å². The van der Waals surface area contributed by atoms with Gasteiger partial charge in [0.15, 0.2) is 5.00 Å². The van der Waals surface area contributed by atoms with Gasteiger partial charge in [-0.3, -0.25) is 10.1 Å². The zero-order valence-electron chi connectivity index (χ0n) is 11.7. The molecule has 0 saturated heterocycles. The van der Waals surface area contributed by atoms with Crippen molar-refractivity contribution in [1.29, 1.82) is 5.26 Å². The van der Waals surface area contributed by atoms with Gasteiger partial charge in [-0.2, -0.15) is 9.57 Å². The third kappa shape index (κ3) is 4.13. The van der Waals surface area contributed by atoms with E-state index in [4.69, 9.17) is 5.26 Å². The van der Waals surface area contributed by atoms with Gasteiger partial charge in [-0.25, -0.2) is 8.42 Å². The van der Waals surface area contributed by atoms with E-state index in [2.05, 4.69) is 5.32 Å². The summed E-state index contributed by atoms with van der Waals surface area (Å²) in [6, 6.07) is 2.92. The zero-order valence-corrected chi connectivity index (χ0v) is 13.3. The van der Waals surface area contributed by atoms with Crippen LogP contribution < -0.4 is 5.32 Å². The second-order valence-corrected chi connectivity index (χ2v) is 7.52. The van der Waals surface area contributed by atoms with E-state index >= 15 is 0 Å². The molecule has 0 spiro atoms. The Morgan fingerprint density at radius 3 is 2.76 bits per heavy atom. The van der Waals surface area contributed by atoms with Crippen LogP contribution in [0.2, 0.25) is 0 Å². The first kappa shape index (κ1) is 17.4. The van der Waals surface area contributed by atoms with E-state index in [9.17, 15) is 18.5 Å². The molecule has 0 bridgehead atoms. The molecule has 10 heteroatoms. The Kier molecular flexibility index (Phi) is 6.07. The standard InChI is InChI=1S/C11H16N4O4S2/c1-3-6-13-11-9(15(16)17)8-10(20-11)21(18,19)14(2)7-4-5-12/h8,13H,3-4,6-7H2,1-2H3. The normalized spacial score (nSPS) is 11.3. The largest absolute Gasteiger partial charge is 0.371 e. The first-order chi connectivity index (χ1) is 9.84. The summed E-state index contributed by atoms with van der Waals surface area (Å²) in [5.74, 6) is 0. The summed E-state index contributed by atoms with van der Waals surface area (Å²) in [6.45, 7) is 2.47. The fraction of sp³-hybridized carbons (Fsp3) is 0.545. The summed E-state index contributed by atoms with van der Waals surface area (Å²) in [5, 5.41) is 22.6. The molecule has 0 saturated carbocycles. The minimum absolute atomic E-state index is 0.0439. The Balaban J connectivity index is 3.13. The summed E-state index contributed by atoms with van der Waals surface area (Å²) >= 11 is 0.831. The van der Waals surface area contributed by atoms with Crippen LogP contribution in [0.3, 0.4) is 0 Å². The number of hydrogen-bond donors (Lipinski definition) is 1. The SMILES string of the molecule is CCCNc1sc(S(=O)(=O)N(C)CCC#N)cc1[N+](=O)[O-]. The number of anilines is 1. The van der Waals surface area contributed by atoms with Crippen LogP contribution in [0.1, 0.15) is 19.8 Å². The monoisotopic (exact) mass is 332 g/mol. The van der Waals surface area contributed by atoms with Crippen molar-refractivity contribution in [2.24, 2.45) is 0 Å². The molecule has 1 N–H and O–H groups in total. The van der Waals surface area contributed by atoms with Crippen molar-refractivity contribution in [3.63, 3.8) is 0 Å². The van der Waals surface area contributed by atoms with Crippen LogP contribution in [0.25, 0.3) is 0 Å². The number of nitrogens with zero attached hydrogens (tertiary/aromatic N) is 3. The van der Waals surface area contributed by atoms with Gasteiger partial charge in [0.2, 0.25) is 0 Å². The lowest BCUT2D eigenvalue weighted by Gasteiger charge is -2.13. The number of thiophene rings is 1. The summed E-state index contributed by atoms with van der Waals surface area (Å²) in [4.78, 5) is 10.4. The maximum Gasteiger partial charge on any atom is 0.304 e. The Labute approximate surface area is 127 Å². The van der Waals surface area contributed by atoms with Crippen molar-refractivity contribution < 1.29 is 13.3 Å². The predicted molar refractivity (Wildman–Crippen MR) is 79.8 cm³/mol. The van der Waals surface area contributed by atoms with Crippen molar-refractivity contribution in [2.45, 2.75) is 24.0 Å². The summed E-state index contributed by atoms with van der Waals surface area (Å²) in [6.07, 6.45) is 0.823. The van der Waals surface area contributed by atoms with Gasteiger partial charge in [0.05, 0.1) is 11.0 Å². The Morgan fingerprint density at radius 1 is 1.57 bits per heavy atom. The van der Waals surface area contributed by atoms with Gasteiger partial charge in [0.25, 0.3) is 10.0 Å². The lowest BCUT2D eigenvalue weighted by molar-refractivity contribution is -0.383. The van der Waals surface area contributed by atoms with Crippen LogP contribution in [0.15, 0.2) is 10.3 Å². The molecule has 0 aliphatic rings. The highest BCUT2D eigenvalue weighted by Gasteiger charge is 2.28. The highest BCUT2D eigenvalue weighted by Crippen LogP contribution is 2.37. The van der Waals surface area contributed by atoms with Gasteiger partial charge in [0, 0.05) is 32.6 Å². The molecular formula is C11H16N4O4S2. The molecule has 0 radical (unpaired) electrons. The van der Waals surface area contributed by atoms with Crippen LogP contribution in [0, 0.1) is 21.4 Å². The molecule has 1 rings (SSSR count). The maximum atomic E-state index is 12.3. The first-order valence-electron chi connectivity index (χ1n) is 6.20. The molecule has 0 fully saturated rings. The van der Waals surface area contributed by atoms with Crippen molar-refractivity contribution in [3.05, 3.63) is 16.2 Å². The highest BCUT2D eigenvalue weighted by molar-refractivity contribution is 7.91. The highest BCUT2D eigenvalue weighted by atomic mass is 32.2. The quantitative estimate of drug-likeness (QED) is 0.575. The summed E-state index contributed by atoms with van der Waals surface area (Å²) < 4.78 is 25.5. The van der Waals surface area contributed by atoms with E-state index in [1.165, 1.54) is 7.05 Å².